The largest absolute Gasteiger partial charge is 0.496 e. The van der Waals surface area contributed by atoms with Crippen molar-refractivity contribution in [1.29, 1.82) is 0 Å². The Morgan fingerprint density at radius 2 is 1.86 bits per heavy atom. The lowest BCUT2D eigenvalue weighted by molar-refractivity contribution is -0.118. The lowest BCUT2D eigenvalue weighted by Crippen LogP contribution is -2.34. The number of carbonyl (C=O) groups excluding carboxylic acids is 1. The van der Waals surface area contributed by atoms with Crippen molar-refractivity contribution in [2.24, 2.45) is 0 Å². The zero-order valence-corrected chi connectivity index (χ0v) is 17.5. The van der Waals surface area contributed by atoms with Crippen molar-refractivity contribution < 1.29 is 17.9 Å². The van der Waals surface area contributed by atoms with Crippen LogP contribution in [-0.2, 0) is 21.2 Å². The molecule has 0 saturated carbocycles. The third kappa shape index (κ3) is 3.85. The predicted octanol–water partition coefficient (Wildman–Crippen LogP) is 3.80. The molecule has 28 heavy (non-hydrogen) atoms. The number of rotatable bonds is 5. The Morgan fingerprint density at radius 3 is 2.46 bits per heavy atom. The van der Waals surface area contributed by atoms with Gasteiger partial charge in [0.25, 0.3) is 10.0 Å². The molecule has 0 aliphatic carbocycles. The summed E-state index contributed by atoms with van der Waals surface area (Å²) in [6.07, 6.45) is 2.13. The molecule has 0 radical (unpaired) electrons. The van der Waals surface area contributed by atoms with Crippen LogP contribution < -0.4 is 14.4 Å². The summed E-state index contributed by atoms with van der Waals surface area (Å²) in [5.41, 5.74) is 3.88. The van der Waals surface area contributed by atoms with Gasteiger partial charge in [-0.3, -0.25) is 9.52 Å². The number of aryl methyl sites for hydroxylation is 3. The first-order chi connectivity index (χ1) is 13.3. The van der Waals surface area contributed by atoms with E-state index in [1.165, 1.54) is 0 Å². The van der Waals surface area contributed by atoms with Gasteiger partial charge in [-0.05, 0) is 73.7 Å². The van der Waals surface area contributed by atoms with Crippen molar-refractivity contribution in [3.63, 3.8) is 0 Å². The van der Waals surface area contributed by atoms with Crippen LogP contribution in [0.5, 0.6) is 5.75 Å². The van der Waals surface area contributed by atoms with Crippen LogP contribution in [0.25, 0.3) is 0 Å². The van der Waals surface area contributed by atoms with Crippen LogP contribution in [0.3, 0.4) is 0 Å². The first-order valence-electron chi connectivity index (χ1n) is 9.38. The summed E-state index contributed by atoms with van der Waals surface area (Å²) in [4.78, 5) is 14.1. The molecule has 1 N–H and O–H groups in total. The number of hydrogen-bond acceptors (Lipinski definition) is 4. The van der Waals surface area contributed by atoms with Crippen LogP contribution >= 0.6 is 0 Å². The molecule has 2 aromatic rings. The molecule has 1 amide bonds. The fourth-order valence-corrected chi connectivity index (χ4v) is 4.93. The zero-order valence-electron chi connectivity index (χ0n) is 16.7. The Morgan fingerprint density at radius 1 is 1.18 bits per heavy atom. The smallest absolute Gasteiger partial charge is 0.261 e. The summed E-state index contributed by atoms with van der Waals surface area (Å²) >= 11 is 0. The van der Waals surface area contributed by atoms with E-state index in [4.69, 9.17) is 4.74 Å². The van der Waals surface area contributed by atoms with E-state index in [0.29, 0.717) is 24.4 Å². The summed E-state index contributed by atoms with van der Waals surface area (Å²) < 4.78 is 33.7. The highest BCUT2D eigenvalue weighted by Gasteiger charge is 2.23. The molecule has 3 rings (SSSR count). The second-order valence-corrected chi connectivity index (χ2v) is 8.72. The van der Waals surface area contributed by atoms with Gasteiger partial charge in [-0.2, -0.15) is 0 Å². The minimum Gasteiger partial charge on any atom is -0.496 e. The number of hydrogen-bond donors (Lipinski definition) is 1. The second kappa shape index (κ2) is 7.83. The van der Waals surface area contributed by atoms with Gasteiger partial charge < -0.3 is 9.64 Å². The van der Waals surface area contributed by atoms with E-state index in [-0.39, 0.29) is 10.8 Å². The van der Waals surface area contributed by atoms with Gasteiger partial charge in [0.05, 0.1) is 12.0 Å². The van der Waals surface area contributed by atoms with Crippen molar-refractivity contribution in [2.45, 2.75) is 44.9 Å². The fourth-order valence-electron chi connectivity index (χ4n) is 3.71. The van der Waals surface area contributed by atoms with Crippen molar-refractivity contribution in [2.75, 3.05) is 23.3 Å². The molecule has 2 aromatic carbocycles. The predicted molar refractivity (Wildman–Crippen MR) is 111 cm³/mol. The van der Waals surface area contributed by atoms with Crippen LogP contribution in [0.4, 0.5) is 11.4 Å². The molecule has 1 heterocycles. The normalized spacial score (nSPS) is 13.8. The molecule has 150 valence electrons. The molecule has 0 saturated heterocycles. The number of nitrogens with one attached hydrogen (secondary N) is 1. The third-order valence-electron chi connectivity index (χ3n) is 5.00. The molecule has 7 heteroatoms. The van der Waals surface area contributed by atoms with Crippen molar-refractivity contribution in [3.8, 4) is 5.75 Å². The number of carbonyl (C=O) groups is 1. The van der Waals surface area contributed by atoms with Gasteiger partial charge in [0.2, 0.25) is 5.91 Å². The highest BCUT2D eigenvalue weighted by molar-refractivity contribution is 7.92. The van der Waals surface area contributed by atoms with Gasteiger partial charge >= 0.3 is 0 Å². The van der Waals surface area contributed by atoms with E-state index in [1.807, 2.05) is 32.9 Å². The first-order valence-corrected chi connectivity index (χ1v) is 10.9. The Labute approximate surface area is 166 Å². The van der Waals surface area contributed by atoms with Crippen molar-refractivity contribution >= 4 is 27.3 Å². The highest BCUT2D eigenvalue weighted by atomic mass is 32.2. The minimum atomic E-state index is -3.73. The second-order valence-electron chi connectivity index (χ2n) is 7.04. The standard InChI is InChI=1S/C21H26N2O4S/c1-5-20(24)23-10-6-7-16-13-17(8-9-19(16)23)22-28(25,26)18-11-14(2)21(27-4)15(3)12-18/h8-9,11-13,22H,5-7,10H2,1-4H3. The van der Waals surface area contributed by atoms with E-state index in [2.05, 4.69) is 4.72 Å². The number of amides is 1. The van der Waals surface area contributed by atoms with Gasteiger partial charge in [0.1, 0.15) is 5.75 Å². The van der Waals surface area contributed by atoms with Gasteiger partial charge in [-0.15, -0.1) is 0 Å². The molecule has 1 aliphatic heterocycles. The Balaban J connectivity index is 1.91. The van der Waals surface area contributed by atoms with E-state index in [1.54, 1.807) is 30.2 Å². The van der Waals surface area contributed by atoms with Gasteiger partial charge in [-0.25, -0.2) is 8.42 Å². The molecule has 6 nitrogen and oxygen atoms in total. The third-order valence-corrected chi connectivity index (χ3v) is 6.36. The lowest BCUT2D eigenvalue weighted by Gasteiger charge is -2.29. The summed E-state index contributed by atoms with van der Waals surface area (Å²) in [5.74, 6) is 0.770. The Hall–Kier alpha value is -2.54. The van der Waals surface area contributed by atoms with Crippen molar-refractivity contribution in [1.82, 2.24) is 0 Å². The number of ether oxygens (including phenoxy) is 1. The molecule has 0 fully saturated rings. The number of fused-ring (bicyclic) bond motifs is 1. The summed E-state index contributed by atoms with van der Waals surface area (Å²) in [7, 11) is -2.16. The summed E-state index contributed by atoms with van der Waals surface area (Å²) in [6.45, 7) is 6.19. The molecule has 1 aliphatic rings. The maximum absolute atomic E-state index is 12.9. The monoisotopic (exact) mass is 402 g/mol. The van der Waals surface area contributed by atoms with Gasteiger partial charge in [0, 0.05) is 24.3 Å². The summed E-state index contributed by atoms with van der Waals surface area (Å²) in [6, 6.07) is 8.57. The van der Waals surface area contributed by atoms with Crippen LogP contribution in [0.15, 0.2) is 35.2 Å². The molecule has 0 unspecified atom stereocenters. The van der Waals surface area contributed by atoms with Gasteiger partial charge in [0.15, 0.2) is 0 Å². The average molecular weight is 403 g/mol. The SMILES string of the molecule is CCC(=O)N1CCCc2cc(NS(=O)(=O)c3cc(C)c(OC)c(C)c3)ccc21. The molecular formula is C21H26N2O4S. The van der Waals surface area contributed by atoms with E-state index in [0.717, 1.165) is 35.2 Å². The van der Waals surface area contributed by atoms with E-state index >= 15 is 0 Å². The molecule has 0 aromatic heterocycles. The van der Waals surface area contributed by atoms with E-state index < -0.39 is 10.0 Å². The van der Waals surface area contributed by atoms with Gasteiger partial charge in [-0.1, -0.05) is 6.92 Å². The first kappa shape index (κ1) is 20.2. The molecule has 0 atom stereocenters. The highest BCUT2D eigenvalue weighted by Crippen LogP contribution is 2.32. The maximum Gasteiger partial charge on any atom is 0.261 e. The zero-order chi connectivity index (χ0) is 20.5. The quantitative estimate of drug-likeness (QED) is 0.825. The topological polar surface area (TPSA) is 75.7 Å². The number of nitrogens with zero attached hydrogens (tertiary/aromatic N) is 1. The Kier molecular flexibility index (Phi) is 5.65. The number of anilines is 2. The number of methoxy groups -OCH3 is 1. The fraction of sp³-hybridized carbons (Fsp3) is 0.381. The average Bonchev–Trinajstić information content (AvgIpc) is 2.66. The van der Waals surface area contributed by atoms with E-state index in [9.17, 15) is 13.2 Å². The van der Waals surface area contributed by atoms with Crippen LogP contribution in [-0.4, -0.2) is 28.0 Å². The Bertz CT molecular complexity index is 992. The maximum atomic E-state index is 12.9. The number of sulfonamides is 1. The van der Waals surface area contributed by atoms with Crippen LogP contribution in [0, 0.1) is 13.8 Å². The molecule has 0 spiro atoms. The van der Waals surface area contributed by atoms with Crippen LogP contribution in [0.1, 0.15) is 36.5 Å². The summed E-state index contributed by atoms with van der Waals surface area (Å²) in [5, 5.41) is 0. The lowest BCUT2D eigenvalue weighted by atomic mass is 10.0. The minimum absolute atomic E-state index is 0.0819. The van der Waals surface area contributed by atoms with Crippen molar-refractivity contribution in [3.05, 3.63) is 47.0 Å². The molecular weight excluding hydrogens is 376 g/mol. The number of benzene rings is 2. The van der Waals surface area contributed by atoms with Crippen LogP contribution in [0.2, 0.25) is 0 Å². The molecule has 0 bridgehead atoms.